The van der Waals surface area contributed by atoms with Gasteiger partial charge >= 0.3 is 0 Å². The SMILES string of the molecule is Fc1ccc(Br)c(Oc2cccc(Cl)c2CNC2CC2)c1. The van der Waals surface area contributed by atoms with Crippen LogP contribution in [-0.2, 0) is 6.54 Å². The van der Waals surface area contributed by atoms with Crippen molar-refractivity contribution < 1.29 is 9.13 Å². The van der Waals surface area contributed by atoms with Crippen LogP contribution in [-0.4, -0.2) is 6.04 Å². The zero-order valence-electron chi connectivity index (χ0n) is 11.2. The Morgan fingerprint density at radius 2 is 2.05 bits per heavy atom. The first-order chi connectivity index (χ1) is 10.1. The molecule has 2 nitrogen and oxygen atoms in total. The molecule has 2 aromatic carbocycles. The third-order valence-corrected chi connectivity index (χ3v) is 4.34. The van der Waals surface area contributed by atoms with E-state index < -0.39 is 0 Å². The summed E-state index contributed by atoms with van der Waals surface area (Å²) in [6.45, 7) is 0.645. The third kappa shape index (κ3) is 3.76. The number of hydrogen-bond acceptors (Lipinski definition) is 2. The Morgan fingerprint density at radius 3 is 2.81 bits per heavy atom. The molecule has 0 spiro atoms. The van der Waals surface area contributed by atoms with Crippen LogP contribution < -0.4 is 10.1 Å². The maximum atomic E-state index is 13.4. The van der Waals surface area contributed by atoms with Crippen molar-refractivity contribution >= 4 is 27.5 Å². The molecule has 0 atom stereocenters. The average Bonchev–Trinajstić information content (AvgIpc) is 3.26. The summed E-state index contributed by atoms with van der Waals surface area (Å²) < 4.78 is 19.9. The minimum Gasteiger partial charge on any atom is -0.456 e. The minimum atomic E-state index is -0.340. The number of hydrogen-bond donors (Lipinski definition) is 1. The molecule has 0 saturated heterocycles. The van der Waals surface area contributed by atoms with E-state index in [0.717, 1.165) is 5.56 Å². The summed E-state index contributed by atoms with van der Waals surface area (Å²) in [5, 5.41) is 4.06. The monoisotopic (exact) mass is 369 g/mol. The Bertz CT molecular complexity index is 661. The van der Waals surface area contributed by atoms with Gasteiger partial charge in [-0.3, -0.25) is 0 Å². The van der Waals surface area contributed by atoms with Crippen molar-refractivity contribution in [1.82, 2.24) is 5.32 Å². The van der Waals surface area contributed by atoms with Crippen LogP contribution in [0.15, 0.2) is 40.9 Å². The normalized spacial score (nSPS) is 14.2. The van der Waals surface area contributed by atoms with E-state index in [4.69, 9.17) is 16.3 Å². The topological polar surface area (TPSA) is 21.3 Å². The van der Waals surface area contributed by atoms with Crippen LogP contribution in [0.4, 0.5) is 4.39 Å². The van der Waals surface area contributed by atoms with E-state index in [0.29, 0.717) is 33.6 Å². The van der Waals surface area contributed by atoms with Crippen LogP contribution in [0.1, 0.15) is 18.4 Å². The van der Waals surface area contributed by atoms with Gasteiger partial charge in [0, 0.05) is 29.2 Å². The lowest BCUT2D eigenvalue weighted by Crippen LogP contribution is -2.16. The van der Waals surface area contributed by atoms with E-state index in [1.54, 1.807) is 6.07 Å². The largest absolute Gasteiger partial charge is 0.456 e. The molecule has 1 aliphatic carbocycles. The lowest BCUT2D eigenvalue weighted by Gasteiger charge is -2.14. The highest BCUT2D eigenvalue weighted by molar-refractivity contribution is 9.10. The number of benzene rings is 2. The summed E-state index contributed by atoms with van der Waals surface area (Å²) in [7, 11) is 0. The summed E-state index contributed by atoms with van der Waals surface area (Å²) in [4.78, 5) is 0. The van der Waals surface area contributed by atoms with Gasteiger partial charge in [0.2, 0.25) is 0 Å². The van der Waals surface area contributed by atoms with Crippen molar-refractivity contribution in [3.63, 3.8) is 0 Å². The molecule has 1 N–H and O–H groups in total. The average molecular weight is 371 g/mol. The molecule has 5 heteroatoms. The molecule has 2 aromatic rings. The van der Waals surface area contributed by atoms with E-state index in [2.05, 4.69) is 21.2 Å². The second-order valence-corrected chi connectivity index (χ2v) is 6.31. The number of ether oxygens (including phenoxy) is 1. The van der Waals surface area contributed by atoms with E-state index in [9.17, 15) is 4.39 Å². The van der Waals surface area contributed by atoms with Gasteiger partial charge in [0.05, 0.1) is 4.47 Å². The van der Waals surface area contributed by atoms with Crippen molar-refractivity contribution in [3.05, 3.63) is 57.3 Å². The molecule has 21 heavy (non-hydrogen) atoms. The summed E-state index contributed by atoms with van der Waals surface area (Å²) in [5.74, 6) is 0.736. The second kappa shape index (κ2) is 6.34. The van der Waals surface area contributed by atoms with Crippen LogP contribution in [0.5, 0.6) is 11.5 Å². The highest BCUT2D eigenvalue weighted by Gasteiger charge is 2.21. The van der Waals surface area contributed by atoms with Gasteiger partial charge in [-0.25, -0.2) is 4.39 Å². The molecule has 0 radical (unpaired) electrons. The standard InChI is InChI=1S/C16H14BrClFNO/c17-13-7-4-10(19)8-16(13)21-15-3-1-2-14(18)12(15)9-20-11-5-6-11/h1-4,7-8,11,20H,5-6,9H2. The Morgan fingerprint density at radius 1 is 1.24 bits per heavy atom. The molecule has 1 fully saturated rings. The van der Waals surface area contributed by atoms with Crippen LogP contribution >= 0.6 is 27.5 Å². The highest BCUT2D eigenvalue weighted by atomic mass is 79.9. The smallest absolute Gasteiger partial charge is 0.144 e. The molecule has 0 aromatic heterocycles. The molecule has 0 unspecified atom stereocenters. The third-order valence-electron chi connectivity index (χ3n) is 3.33. The maximum Gasteiger partial charge on any atom is 0.144 e. The Balaban J connectivity index is 1.86. The zero-order valence-corrected chi connectivity index (χ0v) is 13.5. The Hall–Kier alpha value is -1.10. The zero-order chi connectivity index (χ0) is 14.8. The summed E-state index contributed by atoms with van der Waals surface area (Å²) in [6, 6.07) is 10.4. The van der Waals surface area contributed by atoms with Crippen molar-refractivity contribution in [3.8, 4) is 11.5 Å². The van der Waals surface area contributed by atoms with E-state index in [1.165, 1.54) is 25.0 Å². The number of nitrogens with one attached hydrogen (secondary N) is 1. The molecule has 0 amide bonds. The fraction of sp³-hybridized carbons (Fsp3) is 0.250. The van der Waals surface area contributed by atoms with Crippen molar-refractivity contribution in [2.45, 2.75) is 25.4 Å². The van der Waals surface area contributed by atoms with Crippen molar-refractivity contribution in [2.75, 3.05) is 0 Å². The molecule has 0 aliphatic heterocycles. The van der Waals surface area contributed by atoms with Crippen molar-refractivity contribution in [1.29, 1.82) is 0 Å². The fourth-order valence-electron chi connectivity index (χ4n) is 2.01. The molecule has 0 bridgehead atoms. The minimum absolute atomic E-state index is 0.340. The van der Waals surface area contributed by atoms with Crippen LogP contribution in [0.3, 0.4) is 0 Å². The predicted octanol–water partition coefficient (Wildman–Crippen LogP) is 5.29. The quantitative estimate of drug-likeness (QED) is 0.772. The summed E-state index contributed by atoms with van der Waals surface area (Å²) >= 11 is 9.63. The van der Waals surface area contributed by atoms with Gasteiger partial charge in [0.25, 0.3) is 0 Å². The number of halogens is 3. The molecular formula is C16H14BrClFNO. The van der Waals surface area contributed by atoms with Gasteiger partial charge in [0.1, 0.15) is 17.3 Å². The molecule has 1 aliphatic rings. The Labute approximate surface area is 136 Å². The van der Waals surface area contributed by atoms with Gasteiger partial charge in [-0.05, 0) is 53.0 Å². The van der Waals surface area contributed by atoms with E-state index in [1.807, 2.05) is 18.2 Å². The van der Waals surface area contributed by atoms with Crippen LogP contribution in [0.25, 0.3) is 0 Å². The van der Waals surface area contributed by atoms with E-state index >= 15 is 0 Å². The second-order valence-electron chi connectivity index (χ2n) is 5.05. The van der Waals surface area contributed by atoms with Crippen LogP contribution in [0.2, 0.25) is 5.02 Å². The van der Waals surface area contributed by atoms with Gasteiger partial charge in [0.15, 0.2) is 0 Å². The molecule has 110 valence electrons. The van der Waals surface area contributed by atoms with Crippen molar-refractivity contribution in [2.24, 2.45) is 0 Å². The lowest BCUT2D eigenvalue weighted by atomic mass is 10.2. The maximum absolute atomic E-state index is 13.4. The summed E-state index contributed by atoms with van der Waals surface area (Å²) in [5.41, 5.74) is 0.891. The number of rotatable bonds is 5. The first-order valence-corrected chi connectivity index (χ1v) is 7.94. The van der Waals surface area contributed by atoms with Gasteiger partial charge in [-0.1, -0.05) is 17.7 Å². The summed E-state index contributed by atoms with van der Waals surface area (Å²) in [6.07, 6.45) is 2.41. The first kappa shape index (κ1) is 14.8. The van der Waals surface area contributed by atoms with Crippen LogP contribution in [0, 0.1) is 5.82 Å². The Kier molecular flexibility index (Phi) is 4.48. The van der Waals surface area contributed by atoms with E-state index in [-0.39, 0.29) is 5.82 Å². The first-order valence-electron chi connectivity index (χ1n) is 6.77. The fourth-order valence-corrected chi connectivity index (χ4v) is 2.57. The molecule has 1 saturated carbocycles. The predicted molar refractivity (Wildman–Crippen MR) is 85.5 cm³/mol. The molecule has 0 heterocycles. The highest BCUT2D eigenvalue weighted by Crippen LogP contribution is 2.35. The molecule has 3 rings (SSSR count). The van der Waals surface area contributed by atoms with Gasteiger partial charge in [-0.2, -0.15) is 0 Å². The lowest BCUT2D eigenvalue weighted by molar-refractivity contribution is 0.464. The van der Waals surface area contributed by atoms with Gasteiger partial charge in [-0.15, -0.1) is 0 Å². The molecular weight excluding hydrogens is 357 g/mol. The van der Waals surface area contributed by atoms with Gasteiger partial charge < -0.3 is 10.1 Å².